The lowest BCUT2D eigenvalue weighted by molar-refractivity contribution is -0.136. The SMILES string of the molecule is CN(C)CCC(Cc1cccc2c1C(=O)N(C1CCC(=O)NC1=O)C2=O)c1cnn(C2CCN(C(=O)OC(C)(C)C)CC2)c1. The molecule has 3 aliphatic heterocycles. The highest BCUT2D eigenvalue weighted by Gasteiger charge is 2.45. The molecule has 0 spiro atoms. The van der Waals surface area contributed by atoms with Crippen molar-refractivity contribution in [2.75, 3.05) is 33.7 Å². The zero-order valence-electron chi connectivity index (χ0n) is 26.2. The summed E-state index contributed by atoms with van der Waals surface area (Å²) >= 11 is 0. The molecule has 5 rings (SSSR count). The molecule has 12 nitrogen and oxygen atoms in total. The van der Waals surface area contributed by atoms with Crippen molar-refractivity contribution in [3.8, 4) is 0 Å². The topological polar surface area (TPSA) is 134 Å². The van der Waals surface area contributed by atoms with Crippen LogP contribution in [0, 0.1) is 0 Å². The van der Waals surface area contributed by atoms with E-state index >= 15 is 0 Å². The molecule has 5 amide bonds. The second-order valence-corrected chi connectivity index (χ2v) is 13.2. The van der Waals surface area contributed by atoms with Crippen molar-refractivity contribution >= 4 is 29.7 Å². The first-order valence-corrected chi connectivity index (χ1v) is 15.3. The van der Waals surface area contributed by atoms with Crippen molar-refractivity contribution in [1.29, 1.82) is 0 Å². The van der Waals surface area contributed by atoms with Crippen LogP contribution in [0.5, 0.6) is 0 Å². The third-order valence-corrected chi connectivity index (χ3v) is 8.53. The largest absolute Gasteiger partial charge is 0.444 e. The molecule has 3 aliphatic rings. The fraction of sp³-hybridized carbons (Fsp3) is 0.562. The van der Waals surface area contributed by atoms with E-state index in [-0.39, 0.29) is 36.5 Å². The third kappa shape index (κ3) is 6.69. The molecule has 4 heterocycles. The van der Waals surface area contributed by atoms with Crippen LogP contribution in [0.15, 0.2) is 30.6 Å². The Bertz CT molecular complexity index is 1450. The molecular formula is C32H42N6O6. The summed E-state index contributed by atoms with van der Waals surface area (Å²) in [4.78, 5) is 68.6. The lowest BCUT2D eigenvalue weighted by Crippen LogP contribution is -2.54. The maximum atomic E-state index is 13.7. The minimum absolute atomic E-state index is 0.0204. The molecule has 1 N–H and O–H groups in total. The van der Waals surface area contributed by atoms with E-state index in [1.54, 1.807) is 17.0 Å². The second-order valence-electron chi connectivity index (χ2n) is 13.2. The van der Waals surface area contributed by atoms with E-state index in [0.717, 1.165) is 41.8 Å². The minimum Gasteiger partial charge on any atom is -0.444 e. The number of ether oxygens (including phenoxy) is 1. The van der Waals surface area contributed by atoms with Crippen molar-refractivity contribution in [1.82, 2.24) is 29.8 Å². The van der Waals surface area contributed by atoms with Crippen molar-refractivity contribution < 1.29 is 28.7 Å². The number of hydrogen-bond acceptors (Lipinski definition) is 8. The number of nitrogens with zero attached hydrogens (tertiary/aromatic N) is 5. The van der Waals surface area contributed by atoms with Crippen LogP contribution in [0.2, 0.25) is 0 Å². The van der Waals surface area contributed by atoms with Gasteiger partial charge in [0, 0.05) is 25.7 Å². The number of carbonyl (C=O) groups is 5. The van der Waals surface area contributed by atoms with E-state index in [9.17, 15) is 24.0 Å². The maximum absolute atomic E-state index is 13.7. The smallest absolute Gasteiger partial charge is 0.410 e. The first kappa shape index (κ1) is 31.4. The van der Waals surface area contributed by atoms with Crippen molar-refractivity contribution in [3.63, 3.8) is 0 Å². The summed E-state index contributed by atoms with van der Waals surface area (Å²) in [6, 6.07) is 4.42. The van der Waals surface area contributed by atoms with E-state index in [4.69, 9.17) is 9.84 Å². The van der Waals surface area contributed by atoms with Crippen LogP contribution in [-0.4, -0.2) is 99.6 Å². The molecule has 2 atom stereocenters. The van der Waals surface area contributed by atoms with E-state index in [0.29, 0.717) is 25.1 Å². The van der Waals surface area contributed by atoms with Gasteiger partial charge in [0.15, 0.2) is 0 Å². The fourth-order valence-electron chi connectivity index (χ4n) is 6.22. The molecule has 0 radical (unpaired) electrons. The summed E-state index contributed by atoms with van der Waals surface area (Å²) in [5.41, 5.74) is 1.87. The number of hydrogen-bond donors (Lipinski definition) is 1. The zero-order valence-corrected chi connectivity index (χ0v) is 26.2. The van der Waals surface area contributed by atoms with Crippen LogP contribution in [0.1, 0.15) is 96.7 Å². The first-order valence-electron chi connectivity index (χ1n) is 15.3. The van der Waals surface area contributed by atoms with Gasteiger partial charge in [-0.1, -0.05) is 12.1 Å². The van der Waals surface area contributed by atoms with Crippen LogP contribution < -0.4 is 5.32 Å². The van der Waals surface area contributed by atoms with Crippen LogP contribution >= 0.6 is 0 Å². The predicted octanol–water partition coefficient (Wildman–Crippen LogP) is 3.13. The highest BCUT2D eigenvalue weighted by Crippen LogP contribution is 2.34. The summed E-state index contributed by atoms with van der Waals surface area (Å²) in [6.45, 7) is 7.59. The lowest BCUT2D eigenvalue weighted by Gasteiger charge is -2.33. The Morgan fingerprint density at radius 3 is 2.48 bits per heavy atom. The molecule has 0 aliphatic carbocycles. The number of carbonyl (C=O) groups excluding carboxylic acids is 5. The van der Waals surface area contributed by atoms with Gasteiger partial charge in [-0.2, -0.15) is 5.10 Å². The minimum atomic E-state index is -1.00. The van der Waals surface area contributed by atoms with Gasteiger partial charge >= 0.3 is 6.09 Å². The number of amides is 5. The van der Waals surface area contributed by atoms with Gasteiger partial charge in [0.2, 0.25) is 11.8 Å². The highest BCUT2D eigenvalue weighted by molar-refractivity contribution is 6.24. The zero-order chi connectivity index (χ0) is 31.8. The van der Waals surface area contributed by atoms with Gasteiger partial charge in [0.05, 0.1) is 23.4 Å². The highest BCUT2D eigenvalue weighted by atomic mass is 16.6. The van der Waals surface area contributed by atoms with E-state index in [1.165, 1.54) is 0 Å². The molecule has 2 saturated heterocycles. The number of imide groups is 2. The molecule has 1 aromatic carbocycles. The van der Waals surface area contributed by atoms with Crippen molar-refractivity contribution in [2.45, 2.75) is 82.9 Å². The molecule has 44 heavy (non-hydrogen) atoms. The number of benzene rings is 1. The number of aromatic nitrogens is 2. The van der Waals surface area contributed by atoms with E-state index in [1.807, 2.05) is 51.8 Å². The molecule has 2 unspecified atom stereocenters. The second kappa shape index (κ2) is 12.5. The van der Waals surface area contributed by atoms with Crippen LogP contribution in [0.4, 0.5) is 4.79 Å². The van der Waals surface area contributed by atoms with Gasteiger partial charge < -0.3 is 14.5 Å². The van der Waals surface area contributed by atoms with Gasteiger partial charge in [-0.05, 0) is 96.6 Å². The van der Waals surface area contributed by atoms with Crippen LogP contribution in [0.25, 0.3) is 0 Å². The Hall–Kier alpha value is -4.06. The summed E-state index contributed by atoms with van der Waals surface area (Å²) in [5, 5.41) is 6.97. The molecule has 236 valence electrons. The predicted molar refractivity (Wildman–Crippen MR) is 161 cm³/mol. The Morgan fingerprint density at radius 2 is 1.82 bits per heavy atom. The van der Waals surface area contributed by atoms with Gasteiger partial charge in [0.25, 0.3) is 11.8 Å². The lowest BCUT2D eigenvalue weighted by atomic mass is 9.88. The van der Waals surface area contributed by atoms with Crippen molar-refractivity contribution in [2.24, 2.45) is 0 Å². The van der Waals surface area contributed by atoms with Crippen LogP contribution in [-0.2, 0) is 20.7 Å². The van der Waals surface area contributed by atoms with Crippen LogP contribution in [0.3, 0.4) is 0 Å². The maximum Gasteiger partial charge on any atom is 0.410 e. The Labute approximate surface area is 257 Å². The monoisotopic (exact) mass is 606 g/mol. The Morgan fingerprint density at radius 1 is 1.09 bits per heavy atom. The average molecular weight is 607 g/mol. The van der Waals surface area contributed by atoms with Crippen molar-refractivity contribution in [3.05, 3.63) is 52.8 Å². The first-order chi connectivity index (χ1) is 20.8. The van der Waals surface area contributed by atoms with E-state index in [2.05, 4.69) is 16.4 Å². The standard InChI is InChI=1S/C32H42N6O6/c1-32(2,3)44-31(43)36-15-12-23(13-16-36)37-19-22(18-33-37)20(11-14-35(4)5)17-21-7-6-8-24-27(21)30(42)38(29(24)41)25-9-10-26(39)34-28(25)40/h6-8,18-20,23,25H,9-17H2,1-5H3,(H,34,39,40). The van der Waals surface area contributed by atoms with Gasteiger partial charge in [-0.25, -0.2) is 4.79 Å². The number of rotatable bonds is 8. The normalized spacial score (nSPS) is 20.3. The Kier molecular flexibility index (Phi) is 8.92. The molecule has 1 aromatic heterocycles. The molecule has 2 aromatic rings. The van der Waals surface area contributed by atoms with Gasteiger partial charge in [-0.3, -0.25) is 34.1 Å². The van der Waals surface area contributed by atoms with E-state index < -0.39 is 35.3 Å². The molecule has 2 fully saturated rings. The number of likely N-dealkylation sites (tertiary alicyclic amines) is 1. The summed E-state index contributed by atoms with van der Waals surface area (Å²) < 4.78 is 7.52. The van der Waals surface area contributed by atoms with Gasteiger partial charge in [-0.15, -0.1) is 0 Å². The summed E-state index contributed by atoms with van der Waals surface area (Å²) in [7, 11) is 4.03. The number of nitrogens with one attached hydrogen (secondary N) is 1. The molecule has 12 heteroatoms. The third-order valence-electron chi connectivity index (χ3n) is 8.53. The number of piperidine rings is 2. The Balaban J connectivity index is 1.33. The molecular weight excluding hydrogens is 564 g/mol. The van der Waals surface area contributed by atoms with Gasteiger partial charge in [0.1, 0.15) is 11.6 Å². The fourth-order valence-corrected chi connectivity index (χ4v) is 6.22. The molecule has 0 bridgehead atoms. The molecule has 0 saturated carbocycles. The summed E-state index contributed by atoms with van der Waals surface area (Å²) in [6.07, 6.45) is 6.71. The average Bonchev–Trinajstić information content (AvgIpc) is 3.54. The number of fused-ring (bicyclic) bond motifs is 1. The summed E-state index contributed by atoms with van der Waals surface area (Å²) in [5.74, 6) is -2.00. The quantitative estimate of drug-likeness (QED) is 0.453.